The largest absolute Gasteiger partial charge is 0.449 e. The van der Waals surface area contributed by atoms with Crippen molar-refractivity contribution >= 4 is 35.8 Å². The van der Waals surface area contributed by atoms with Gasteiger partial charge in [0.25, 0.3) is 0 Å². The third-order valence-corrected chi connectivity index (χ3v) is 7.50. The molecule has 198 valence electrons. The van der Waals surface area contributed by atoms with Gasteiger partial charge in [0.15, 0.2) is 0 Å². The van der Waals surface area contributed by atoms with Gasteiger partial charge in [0.2, 0.25) is 11.8 Å². The molecule has 1 saturated carbocycles. The molecule has 2 fully saturated rings. The fraction of sp³-hybridized carbons (Fsp3) is 0.630. The molecule has 9 heteroatoms. The number of amides is 3. The van der Waals surface area contributed by atoms with Crippen LogP contribution in [0.4, 0.5) is 4.79 Å². The number of aldehydes is 1. The van der Waals surface area contributed by atoms with Crippen LogP contribution in [0.1, 0.15) is 70.8 Å². The van der Waals surface area contributed by atoms with Crippen LogP contribution in [-0.2, 0) is 24.5 Å². The monoisotopic (exact) mass is 519 g/mol. The number of hydrogen-bond acceptors (Lipinski definition) is 5. The lowest BCUT2D eigenvalue weighted by Gasteiger charge is -2.28. The molecule has 1 aromatic rings. The SMILES string of the molecule is CC(C)(COC(=O)NC(CC1CCCCC1)C(=O)NC(C=O)CC1CCNC1=O)c1cccc(Cl)c1. The lowest BCUT2D eigenvalue weighted by molar-refractivity contribution is -0.127. The van der Waals surface area contributed by atoms with Gasteiger partial charge in [0, 0.05) is 22.9 Å². The summed E-state index contributed by atoms with van der Waals surface area (Å²) in [6.45, 7) is 4.58. The first-order valence-electron chi connectivity index (χ1n) is 12.9. The molecule has 3 unspecified atom stereocenters. The maximum absolute atomic E-state index is 13.2. The van der Waals surface area contributed by atoms with Gasteiger partial charge in [-0.3, -0.25) is 9.59 Å². The zero-order valence-electron chi connectivity index (χ0n) is 21.2. The molecule has 0 aromatic heterocycles. The summed E-state index contributed by atoms with van der Waals surface area (Å²) in [5, 5.41) is 8.83. The molecule has 3 N–H and O–H groups in total. The van der Waals surface area contributed by atoms with Crippen LogP contribution in [0.15, 0.2) is 24.3 Å². The first-order chi connectivity index (χ1) is 17.2. The van der Waals surface area contributed by atoms with E-state index in [4.69, 9.17) is 16.3 Å². The Morgan fingerprint density at radius 2 is 1.92 bits per heavy atom. The van der Waals surface area contributed by atoms with E-state index >= 15 is 0 Å². The van der Waals surface area contributed by atoms with Gasteiger partial charge >= 0.3 is 6.09 Å². The van der Waals surface area contributed by atoms with E-state index in [9.17, 15) is 19.2 Å². The Balaban J connectivity index is 1.61. The number of ether oxygens (including phenoxy) is 1. The zero-order valence-corrected chi connectivity index (χ0v) is 21.9. The summed E-state index contributed by atoms with van der Waals surface area (Å²) in [4.78, 5) is 49.5. The molecule has 3 atom stereocenters. The molecule has 0 spiro atoms. The van der Waals surface area contributed by atoms with Gasteiger partial charge in [-0.15, -0.1) is 0 Å². The summed E-state index contributed by atoms with van der Waals surface area (Å²) in [5.74, 6) is -0.516. The third kappa shape index (κ3) is 8.22. The molecule has 3 amide bonds. The minimum absolute atomic E-state index is 0.0983. The highest BCUT2D eigenvalue weighted by molar-refractivity contribution is 6.30. The Morgan fingerprint density at radius 3 is 2.56 bits per heavy atom. The van der Waals surface area contributed by atoms with E-state index in [1.165, 1.54) is 6.42 Å². The highest BCUT2D eigenvalue weighted by Gasteiger charge is 2.32. The minimum Gasteiger partial charge on any atom is -0.449 e. The van der Waals surface area contributed by atoms with Crippen molar-refractivity contribution in [2.24, 2.45) is 11.8 Å². The average molecular weight is 520 g/mol. The Morgan fingerprint density at radius 1 is 1.17 bits per heavy atom. The second-order valence-electron chi connectivity index (χ2n) is 10.7. The second-order valence-corrected chi connectivity index (χ2v) is 11.1. The molecule has 1 aromatic carbocycles. The Labute approximate surface area is 218 Å². The number of benzene rings is 1. The fourth-order valence-electron chi connectivity index (χ4n) is 5.02. The van der Waals surface area contributed by atoms with Gasteiger partial charge in [-0.05, 0) is 42.9 Å². The first kappa shape index (κ1) is 28.0. The summed E-state index contributed by atoms with van der Waals surface area (Å²) in [5.41, 5.74) is 0.456. The molecule has 2 aliphatic rings. The van der Waals surface area contributed by atoms with Crippen molar-refractivity contribution in [2.45, 2.75) is 82.7 Å². The molecule has 1 aliphatic heterocycles. The van der Waals surface area contributed by atoms with Gasteiger partial charge in [0.1, 0.15) is 18.9 Å². The van der Waals surface area contributed by atoms with Gasteiger partial charge in [-0.2, -0.15) is 0 Å². The summed E-state index contributed by atoms with van der Waals surface area (Å²) in [6, 6.07) is 5.79. The zero-order chi connectivity index (χ0) is 26.1. The van der Waals surface area contributed by atoms with E-state index in [1.54, 1.807) is 6.07 Å². The summed E-state index contributed by atoms with van der Waals surface area (Å²) in [6.07, 6.45) is 6.73. The van der Waals surface area contributed by atoms with Crippen molar-refractivity contribution in [1.82, 2.24) is 16.0 Å². The maximum atomic E-state index is 13.2. The van der Waals surface area contributed by atoms with Crippen LogP contribution in [0.25, 0.3) is 0 Å². The van der Waals surface area contributed by atoms with Crippen molar-refractivity contribution in [3.8, 4) is 0 Å². The van der Waals surface area contributed by atoms with Crippen molar-refractivity contribution in [3.05, 3.63) is 34.9 Å². The number of nitrogens with one attached hydrogen (secondary N) is 3. The van der Waals surface area contributed by atoms with E-state index in [-0.39, 0.29) is 24.9 Å². The van der Waals surface area contributed by atoms with Crippen LogP contribution in [0, 0.1) is 11.8 Å². The van der Waals surface area contributed by atoms with E-state index < -0.39 is 29.5 Å². The Kier molecular flexibility index (Phi) is 10.2. The number of rotatable bonds is 11. The Hall–Kier alpha value is -2.61. The van der Waals surface area contributed by atoms with Crippen LogP contribution in [0.2, 0.25) is 5.02 Å². The molecule has 8 nitrogen and oxygen atoms in total. The molecular formula is C27H38ClN3O5. The molecule has 36 heavy (non-hydrogen) atoms. The van der Waals surface area contributed by atoms with E-state index in [1.807, 2.05) is 32.0 Å². The number of carbonyl (C=O) groups is 4. The smallest absolute Gasteiger partial charge is 0.407 e. The van der Waals surface area contributed by atoms with E-state index in [0.717, 1.165) is 31.2 Å². The highest BCUT2D eigenvalue weighted by atomic mass is 35.5. The van der Waals surface area contributed by atoms with Crippen LogP contribution in [0.3, 0.4) is 0 Å². The maximum Gasteiger partial charge on any atom is 0.407 e. The van der Waals surface area contributed by atoms with Gasteiger partial charge < -0.3 is 25.5 Å². The minimum atomic E-state index is -0.824. The van der Waals surface area contributed by atoms with Crippen LogP contribution >= 0.6 is 11.6 Å². The predicted octanol–water partition coefficient (Wildman–Crippen LogP) is 3.89. The normalized spacial score (nSPS) is 20.2. The molecule has 1 heterocycles. The lowest BCUT2D eigenvalue weighted by atomic mass is 9.84. The number of carbonyl (C=O) groups excluding carboxylic acids is 4. The molecule has 1 aliphatic carbocycles. The van der Waals surface area contributed by atoms with Crippen molar-refractivity contribution in [1.29, 1.82) is 0 Å². The van der Waals surface area contributed by atoms with Gasteiger partial charge in [0.05, 0.1) is 6.04 Å². The fourth-order valence-corrected chi connectivity index (χ4v) is 5.21. The predicted molar refractivity (Wildman–Crippen MR) is 138 cm³/mol. The number of hydrogen-bond donors (Lipinski definition) is 3. The average Bonchev–Trinajstić information content (AvgIpc) is 3.26. The molecule has 1 saturated heterocycles. The molecule has 3 rings (SSSR count). The second kappa shape index (κ2) is 13.1. The van der Waals surface area contributed by atoms with Crippen LogP contribution < -0.4 is 16.0 Å². The van der Waals surface area contributed by atoms with Crippen molar-refractivity contribution in [3.63, 3.8) is 0 Å². The first-order valence-corrected chi connectivity index (χ1v) is 13.3. The standard InChI is InChI=1S/C27H38ClN3O5/c1-27(2,20-9-6-10-21(28)15-20)17-36-26(35)31-23(13-18-7-4-3-5-8-18)25(34)30-22(16-32)14-19-11-12-29-24(19)33/h6,9-10,15-16,18-19,22-23H,3-5,7-8,11-14,17H2,1-2H3,(H,29,33)(H,30,34)(H,31,35). The molecule has 0 bridgehead atoms. The van der Waals surface area contributed by atoms with E-state index in [0.29, 0.717) is 36.6 Å². The number of halogens is 1. The molecular weight excluding hydrogens is 482 g/mol. The summed E-state index contributed by atoms with van der Waals surface area (Å²) in [7, 11) is 0. The van der Waals surface area contributed by atoms with Crippen molar-refractivity contribution in [2.75, 3.05) is 13.2 Å². The van der Waals surface area contributed by atoms with E-state index in [2.05, 4.69) is 16.0 Å². The van der Waals surface area contributed by atoms with Gasteiger partial charge in [-0.25, -0.2) is 4.79 Å². The Bertz CT molecular complexity index is 932. The van der Waals surface area contributed by atoms with Gasteiger partial charge in [-0.1, -0.05) is 69.7 Å². The summed E-state index contributed by atoms with van der Waals surface area (Å²) >= 11 is 6.11. The number of alkyl carbamates (subject to hydrolysis) is 1. The topological polar surface area (TPSA) is 114 Å². The lowest BCUT2D eigenvalue weighted by Crippen LogP contribution is -2.51. The van der Waals surface area contributed by atoms with Crippen molar-refractivity contribution < 1.29 is 23.9 Å². The quantitative estimate of drug-likeness (QED) is 0.384. The molecule has 0 radical (unpaired) electrons. The highest BCUT2D eigenvalue weighted by Crippen LogP contribution is 2.28. The summed E-state index contributed by atoms with van der Waals surface area (Å²) < 4.78 is 5.53. The van der Waals surface area contributed by atoms with Crippen LogP contribution in [0.5, 0.6) is 0 Å². The third-order valence-electron chi connectivity index (χ3n) is 7.27. The van der Waals surface area contributed by atoms with Crippen LogP contribution in [-0.4, -0.2) is 49.4 Å².